The monoisotopic (exact) mass is 286 g/mol. The van der Waals surface area contributed by atoms with E-state index in [0.717, 1.165) is 30.2 Å². The number of aryl methyl sites for hydroxylation is 1. The Bertz CT molecular complexity index is 598. The number of thiocarbonyl (C=S) groups is 1. The predicted molar refractivity (Wildman–Crippen MR) is 85.8 cm³/mol. The lowest BCUT2D eigenvalue weighted by atomic mass is 10.2. The van der Waals surface area contributed by atoms with Crippen LogP contribution in [-0.4, -0.2) is 21.5 Å². The van der Waals surface area contributed by atoms with Crippen LogP contribution in [0.15, 0.2) is 36.7 Å². The molecular weight excluding hydrogens is 268 g/mol. The van der Waals surface area contributed by atoms with Crippen LogP contribution >= 0.6 is 12.2 Å². The summed E-state index contributed by atoms with van der Waals surface area (Å²) in [6.07, 6.45) is 3.59. The second-order valence-electron chi connectivity index (χ2n) is 4.56. The molecule has 0 amide bonds. The number of nitrogens with two attached hydrogens (primary N) is 1. The van der Waals surface area contributed by atoms with Crippen LogP contribution in [0.5, 0.6) is 0 Å². The van der Waals surface area contributed by atoms with E-state index in [1.54, 1.807) is 12.4 Å². The van der Waals surface area contributed by atoms with Crippen LogP contribution in [-0.2, 0) is 6.54 Å². The van der Waals surface area contributed by atoms with Crippen molar-refractivity contribution in [2.45, 2.75) is 20.4 Å². The number of nitrogens with zero attached hydrogens (tertiary/aromatic N) is 3. The number of hydrogen-bond donors (Lipinski definition) is 1. The van der Waals surface area contributed by atoms with Crippen molar-refractivity contribution in [3.63, 3.8) is 0 Å². The highest BCUT2D eigenvalue weighted by atomic mass is 32.1. The standard InChI is InChI=1S/C15H18N4S/c1-3-19(10-12-6-8-17-9-7-12)15-13(14(16)20)5-4-11(2)18-15/h4-9H,3,10H2,1-2H3,(H2,16,20). The average molecular weight is 286 g/mol. The molecule has 5 heteroatoms. The van der Waals surface area contributed by atoms with Crippen molar-refractivity contribution in [3.05, 3.63) is 53.5 Å². The van der Waals surface area contributed by atoms with Gasteiger partial charge in [0.05, 0.1) is 5.56 Å². The third-order valence-electron chi connectivity index (χ3n) is 3.08. The fourth-order valence-electron chi connectivity index (χ4n) is 2.02. The summed E-state index contributed by atoms with van der Waals surface area (Å²) in [6, 6.07) is 7.87. The zero-order chi connectivity index (χ0) is 14.5. The third-order valence-corrected chi connectivity index (χ3v) is 3.30. The van der Waals surface area contributed by atoms with Gasteiger partial charge in [0.1, 0.15) is 10.8 Å². The van der Waals surface area contributed by atoms with E-state index in [2.05, 4.69) is 21.8 Å². The van der Waals surface area contributed by atoms with E-state index in [-0.39, 0.29) is 0 Å². The van der Waals surface area contributed by atoms with Gasteiger partial charge in [-0.15, -0.1) is 0 Å². The van der Waals surface area contributed by atoms with E-state index >= 15 is 0 Å². The molecule has 2 rings (SSSR count). The maximum Gasteiger partial charge on any atom is 0.139 e. The Morgan fingerprint density at radius 1 is 1.25 bits per heavy atom. The molecule has 2 aromatic heterocycles. The molecule has 0 saturated carbocycles. The van der Waals surface area contributed by atoms with E-state index < -0.39 is 0 Å². The van der Waals surface area contributed by atoms with Gasteiger partial charge in [0, 0.05) is 31.2 Å². The lowest BCUT2D eigenvalue weighted by Gasteiger charge is -2.24. The molecule has 0 saturated heterocycles. The van der Waals surface area contributed by atoms with Crippen molar-refractivity contribution in [1.29, 1.82) is 0 Å². The van der Waals surface area contributed by atoms with Crippen LogP contribution < -0.4 is 10.6 Å². The Balaban J connectivity index is 2.36. The van der Waals surface area contributed by atoms with E-state index in [1.165, 1.54) is 5.56 Å². The normalized spacial score (nSPS) is 10.3. The van der Waals surface area contributed by atoms with Crippen molar-refractivity contribution >= 4 is 23.0 Å². The maximum atomic E-state index is 5.81. The molecule has 0 radical (unpaired) electrons. The number of hydrogen-bond acceptors (Lipinski definition) is 4. The molecule has 0 aliphatic carbocycles. The van der Waals surface area contributed by atoms with Crippen LogP contribution in [0, 0.1) is 6.92 Å². The Hall–Kier alpha value is -2.01. The molecule has 0 bridgehead atoms. The molecule has 0 aliphatic rings. The van der Waals surface area contributed by atoms with Crippen LogP contribution in [0.1, 0.15) is 23.7 Å². The van der Waals surface area contributed by atoms with Gasteiger partial charge in [-0.1, -0.05) is 12.2 Å². The lowest BCUT2D eigenvalue weighted by Crippen LogP contribution is -2.27. The summed E-state index contributed by atoms with van der Waals surface area (Å²) in [5.41, 5.74) is 8.76. The van der Waals surface area contributed by atoms with Crippen LogP contribution in [0.2, 0.25) is 0 Å². The Kier molecular flexibility index (Phi) is 4.63. The Morgan fingerprint density at radius 2 is 1.95 bits per heavy atom. The quantitative estimate of drug-likeness (QED) is 0.856. The summed E-state index contributed by atoms with van der Waals surface area (Å²) in [4.78, 5) is 11.2. The number of pyridine rings is 2. The molecule has 0 atom stereocenters. The highest BCUT2D eigenvalue weighted by Crippen LogP contribution is 2.20. The first kappa shape index (κ1) is 14.4. The molecule has 2 aromatic rings. The minimum absolute atomic E-state index is 0.376. The molecule has 20 heavy (non-hydrogen) atoms. The molecule has 4 nitrogen and oxygen atoms in total. The molecule has 0 unspecified atom stereocenters. The summed E-state index contributed by atoms with van der Waals surface area (Å²) >= 11 is 5.13. The minimum Gasteiger partial charge on any atom is -0.389 e. The minimum atomic E-state index is 0.376. The van der Waals surface area contributed by atoms with Gasteiger partial charge in [0.15, 0.2) is 0 Å². The Morgan fingerprint density at radius 3 is 2.55 bits per heavy atom. The second-order valence-corrected chi connectivity index (χ2v) is 5.00. The van der Waals surface area contributed by atoms with Gasteiger partial charge >= 0.3 is 0 Å². The molecule has 0 fully saturated rings. The summed E-state index contributed by atoms with van der Waals surface area (Å²) in [5.74, 6) is 0.844. The first-order valence-corrected chi connectivity index (χ1v) is 6.94. The third kappa shape index (κ3) is 3.30. The van der Waals surface area contributed by atoms with E-state index in [9.17, 15) is 0 Å². The zero-order valence-corrected chi connectivity index (χ0v) is 12.5. The fraction of sp³-hybridized carbons (Fsp3) is 0.267. The largest absolute Gasteiger partial charge is 0.389 e. The first-order chi connectivity index (χ1) is 9.61. The average Bonchev–Trinajstić information content (AvgIpc) is 2.45. The summed E-state index contributed by atoms with van der Waals surface area (Å²) in [7, 11) is 0. The van der Waals surface area contributed by atoms with Gasteiger partial charge in [-0.25, -0.2) is 4.98 Å². The SMILES string of the molecule is CCN(Cc1ccncc1)c1nc(C)ccc1C(N)=S. The highest BCUT2D eigenvalue weighted by molar-refractivity contribution is 7.80. The number of anilines is 1. The van der Waals surface area contributed by atoms with Crippen molar-refractivity contribution < 1.29 is 0 Å². The maximum absolute atomic E-state index is 5.81. The molecule has 104 valence electrons. The highest BCUT2D eigenvalue weighted by Gasteiger charge is 2.14. The summed E-state index contributed by atoms with van der Waals surface area (Å²) in [6.45, 7) is 5.64. The van der Waals surface area contributed by atoms with Crippen molar-refractivity contribution in [3.8, 4) is 0 Å². The van der Waals surface area contributed by atoms with Gasteiger partial charge in [0.25, 0.3) is 0 Å². The van der Waals surface area contributed by atoms with Gasteiger partial charge in [-0.05, 0) is 43.7 Å². The van der Waals surface area contributed by atoms with E-state index in [1.807, 2.05) is 31.2 Å². The van der Waals surface area contributed by atoms with Gasteiger partial charge in [-0.3, -0.25) is 4.98 Å². The molecule has 0 aliphatic heterocycles. The van der Waals surface area contributed by atoms with Crippen molar-refractivity contribution in [1.82, 2.24) is 9.97 Å². The van der Waals surface area contributed by atoms with Crippen molar-refractivity contribution in [2.75, 3.05) is 11.4 Å². The topological polar surface area (TPSA) is 55.0 Å². The first-order valence-electron chi connectivity index (χ1n) is 6.53. The molecular formula is C15H18N4S. The van der Waals surface area contributed by atoms with E-state index in [0.29, 0.717) is 4.99 Å². The van der Waals surface area contributed by atoms with Gasteiger partial charge in [0.2, 0.25) is 0 Å². The molecule has 2 heterocycles. The lowest BCUT2D eigenvalue weighted by molar-refractivity contribution is 0.808. The predicted octanol–water partition coefficient (Wildman–Crippen LogP) is 2.45. The second kappa shape index (κ2) is 6.43. The van der Waals surface area contributed by atoms with Gasteiger partial charge in [-0.2, -0.15) is 0 Å². The molecule has 2 N–H and O–H groups in total. The van der Waals surface area contributed by atoms with Crippen LogP contribution in [0.4, 0.5) is 5.82 Å². The molecule has 0 aromatic carbocycles. The van der Waals surface area contributed by atoms with Crippen LogP contribution in [0.25, 0.3) is 0 Å². The number of rotatable bonds is 5. The summed E-state index contributed by atoms with van der Waals surface area (Å²) < 4.78 is 0. The zero-order valence-electron chi connectivity index (χ0n) is 11.7. The van der Waals surface area contributed by atoms with Crippen LogP contribution in [0.3, 0.4) is 0 Å². The molecule has 0 spiro atoms. The smallest absolute Gasteiger partial charge is 0.139 e. The Labute approximate surface area is 124 Å². The number of aromatic nitrogens is 2. The fourth-order valence-corrected chi connectivity index (χ4v) is 2.18. The summed E-state index contributed by atoms with van der Waals surface area (Å²) in [5, 5.41) is 0. The van der Waals surface area contributed by atoms with Gasteiger partial charge < -0.3 is 10.6 Å². The van der Waals surface area contributed by atoms with E-state index in [4.69, 9.17) is 18.0 Å². The van der Waals surface area contributed by atoms with Crippen molar-refractivity contribution in [2.24, 2.45) is 5.73 Å².